The van der Waals surface area contributed by atoms with Gasteiger partial charge in [0, 0.05) is 31.5 Å². The zero-order chi connectivity index (χ0) is 11.7. The Hall–Kier alpha value is -1.65. The molecule has 0 radical (unpaired) electrons. The second-order valence-corrected chi connectivity index (χ2v) is 4.20. The summed E-state index contributed by atoms with van der Waals surface area (Å²) >= 11 is 0. The molecule has 1 aromatic rings. The van der Waals surface area contributed by atoms with E-state index in [9.17, 15) is 9.59 Å². The number of nitrogens with zero attached hydrogens (tertiary/aromatic N) is 2. The smallest absolute Gasteiger partial charge is 0.292 e. The molecule has 0 N–H and O–H groups in total. The number of hydrogen-bond donors (Lipinski definition) is 0. The number of ketones is 1. The first kappa shape index (κ1) is 10.9. The summed E-state index contributed by atoms with van der Waals surface area (Å²) in [4.78, 5) is 24.9. The lowest BCUT2D eigenvalue weighted by atomic mass is 9.98. The van der Waals surface area contributed by atoms with Gasteiger partial charge in [0.1, 0.15) is 5.78 Å². The molecule has 1 saturated heterocycles. The van der Waals surface area contributed by atoms with Gasteiger partial charge in [0.15, 0.2) is 0 Å². The first-order valence-electron chi connectivity index (χ1n) is 5.33. The van der Waals surface area contributed by atoms with E-state index in [1.54, 1.807) is 17.9 Å². The number of hydrogen-bond acceptors (Lipinski definition) is 4. The maximum absolute atomic E-state index is 11.9. The molecule has 1 aliphatic heterocycles. The zero-order valence-electron chi connectivity index (χ0n) is 9.40. The first-order chi connectivity index (χ1) is 7.58. The summed E-state index contributed by atoms with van der Waals surface area (Å²) in [5.74, 6) is 0.207. The summed E-state index contributed by atoms with van der Waals surface area (Å²) in [5, 5.41) is 3.68. The second-order valence-electron chi connectivity index (χ2n) is 4.20. The molecule has 1 atom stereocenters. The number of aryl methyl sites for hydroxylation is 1. The lowest BCUT2D eigenvalue weighted by molar-refractivity contribution is -0.124. The van der Waals surface area contributed by atoms with Crippen LogP contribution in [0.25, 0.3) is 0 Å². The summed E-state index contributed by atoms with van der Waals surface area (Å²) in [5.41, 5.74) is 0.685. The van der Waals surface area contributed by atoms with Crippen LogP contribution in [0.15, 0.2) is 10.6 Å². The van der Waals surface area contributed by atoms with Crippen molar-refractivity contribution in [1.29, 1.82) is 0 Å². The minimum Gasteiger partial charge on any atom is -0.351 e. The van der Waals surface area contributed by atoms with Crippen molar-refractivity contribution in [3.63, 3.8) is 0 Å². The fraction of sp³-hybridized carbons (Fsp3) is 0.545. The molecule has 0 spiro atoms. The van der Waals surface area contributed by atoms with Crippen LogP contribution in [0.5, 0.6) is 0 Å². The summed E-state index contributed by atoms with van der Waals surface area (Å²) in [6.07, 6.45) is 0.431. The normalized spacial score (nSPS) is 21.2. The molecular weight excluding hydrogens is 208 g/mol. The highest BCUT2D eigenvalue weighted by molar-refractivity contribution is 5.93. The summed E-state index contributed by atoms with van der Waals surface area (Å²) < 4.78 is 4.92. The van der Waals surface area contributed by atoms with Gasteiger partial charge < -0.3 is 9.42 Å². The molecule has 1 aromatic heterocycles. The Kier molecular flexibility index (Phi) is 2.77. The predicted molar refractivity (Wildman–Crippen MR) is 55.9 cm³/mol. The van der Waals surface area contributed by atoms with Crippen molar-refractivity contribution >= 4 is 11.7 Å². The maximum atomic E-state index is 11.9. The summed E-state index contributed by atoms with van der Waals surface area (Å²) in [7, 11) is 0. The highest BCUT2D eigenvalue weighted by Crippen LogP contribution is 2.15. The van der Waals surface area contributed by atoms with E-state index in [1.165, 1.54) is 0 Å². The number of carbonyl (C=O) groups excluding carboxylic acids is 2. The second kappa shape index (κ2) is 4.08. The number of Topliss-reactive ketones (excluding diaryl/α,β-unsaturated/α-hetero) is 1. The average molecular weight is 222 g/mol. The van der Waals surface area contributed by atoms with Crippen molar-refractivity contribution < 1.29 is 14.1 Å². The molecule has 0 bridgehead atoms. The molecule has 2 heterocycles. The fourth-order valence-electron chi connectivity index (χ4n) is 1.82. The molecule has 1 unspecified atom stereocenters. The number of amides is 1. The molecular formula is C11H14N2O3. The Morgan fingerprint density at radius 2 is 2.38 bits per heavy atom. The molecule has 0 aromatic carbocycles. The van der Waals surface area contributed by atoms with Crippen molar-refractivity contribution in [1.82, 2.24) is 10.1 Å². The van der Waals surface area contributed by atoms with Crippen LogP contribution in [0.4, 0.5) is 0 Å². The largest absolute Gasteiger partial charge is 0.351 e. The summed E-state index contributed by atoms with van der Waals surface area (Å²) in [6.45, 7) is 4.55. The van der Waals surface area contributed by atoms with Crippen LogP contribution in [-0.2, 0) is 4.79 Å². The van der Waals surface area contributed by atoms with Crippen LogP contribution >= 0.6 is 0 Å². The average Bonchev–Trinajstić information content (AvgIpc) is 2.68. The van der Waals surface area contributed by atoms with Gasteiger partial charge in [-0.15, -0.1) is 0 Å². The van der Waals surface area contributed by atoms with E-state index >= 15 is 0 Å². The molecule has 0 aliphatic carbocycles. The molecule has 1 fully saturated rings. The molecule has 2 rings (SSSR count). The van der Waals surface area contributed by atoms with Crippen molar-refractivity contribution in [2.75, 3.05) is 13.1 Å². The number of carbonyl (C=O) groups is 2. The molecule has 0 saturated carbocycles. The molecule has 16 heavy (non-hydrogen) atoms. The van der Waals surface area contributed by atoms with E-state index in [1.807, 2.05) is 6.92 Å². The van der Waals surface area contributed by atoms with Crippen molar-refractivity contribution in [2.24, 2.45) is 5.92 Å². The van der Waals surface area contributed by atoms with Crippen molar-refractivity contribution in [2.45, 2.75) is 20.3 Å². The Morgan fingerprint density at radius 3 is 2.94 bits per heavy atom. The standard InChI is InChI=1S/C11H14N2O3/c1-7-6-13(4-3-9(7)14)11(15)10-5-8(2)12-16-10/h5,7H,3-4,6H2,1-2H3. The first-order valence-corrected chi connectivity index (χ1v) is 5.33. The molecule has 5 nitrogen and oxygen atoms in total. The highest BCUT2D eigenvalue weighted by atomic mass is 16.5. The Labute approximate surface area is 93.4 Å². The number of aromatic nitrogens is 1. The van der Waals surface area contributed by atoms with Gasteiger partial charge in [-0.1, -0.05) is 12.1 Å². The quantitative estimate of drug-likeness (QED) is 0.712. The monoisotopic (exact) mass is 222 g/mol. The third kappa shape index (κ3) is 1.98. The molecule has 86 valence electrons. The van der Waals surface area contributed by atoms with Gasteiger partial charge in [0.25, 0.3) is 5.91 Å². The molecule has 5 heteroatoms. The minimum absolute atomic E-state index is 0.0817. The number of rotatable bonds is 1. The van der Waals surface area contributed by atoms with E-state index in [2.05, 4.69) is 5.16 Å². The fourth-order valence-corrected chi connectivity index (χ4v) is 1.82. The minimum atomic E-state index is -0.181. The van der Waals surface area contributed by atoms with Crippen LogP contribution < -0.4 is 0 Å². The van der Waals surface area contributed by atoms with E-state index in [0.29, 0.717) is 25.2 Å². The van der Waals surface area contributed by atoms with E-state index < -0.39 is 0 Å². The van der Waals surface area contributed by atoms with Crippen LogP contribution in [0, 0.1) is 12.8 Å². The van der Waals surface area contributed by atoms with Crippen LogP contribution in [0.1, 0.15) is 29.6 Å². The van der Waals surface area contributed by atoms with Gasteiger partial charge in [-0.3, -0.25) is 9.59 Å². The summed E-state index contributed by atoms with van der Waals surface area (Å²) in [6, 6.07) is 1.61. The predicted octanol–water partition coefficient (Wildman–Crippen LogP) is 1.03. The van der Waals surface area contributed by atoms with Gasteiger partial charge >= 0.3 is 0 Å². The van der Waals surface area contributed by atoms with Crippen LogP contribution in [0.3, 0.4) is 0 Å². The van der Waals surface area contributed by atoms with Gasteiger partial charge in [-0.05, 0) is 6.92 Å². The third-order valence-electron chi connectivity index (χ3n) is 2.80. The Balaban J connectivity index is 2.08. The van der Waals surface area contributed by atoms with Crippen molar-refractivity contribution in [3.8, 4) is 0 Å². The maximum Gasteiger partial charge on any atom is 0.292 e. The van der Waals surface area contributed by atoms with Gasteiger partial charge in [-0.2, -0.15) is 0 Å². The lowest BCUT2D eigenvalue weighted by Gasteiger charge is -2.29. The van der Waals surface area contributed by atoms with E-state index in [4.69, 9.17) is 4.52 Å². The Morgan fingerprint density at radius 1 is 1.62 bits per heavy atom. The lowest BCUT2D eigenvalue weighted by Crippen LogP contribution is -2.43. The van der Waals surface area contributed by atoms with Gasteiger partial charge in [0.05, 0.1) is 5.69 Å². The molecule has 1 amide bonds. The number of piperidine rings is 1. The SMILES string of the molecule is Cc1cc(C(=O)N2CCC(=O)C(C)C2)on1. The zero-order valence-corrected chi connectivity index (χ0v) is 9.40. The van der Waals surface area contributed by atoms with E-state index in [0.717, 1.165) is 0 Å². The van der Waals surface area contributed by atoms with Crippen molar-refractivity contribution in [3.05, 3.63) is 17.5 Å². The van der Waals surface area contributed by atoms with Gasteiger partial charge in [-0.25, -0.2) is 0 Å². The van der Waals surface area contributed by atoms with Crippen LogP contribution in [0.2, 0.25) is 0 Å². The van der Waals surface area contributed by atoms with E-state index in [-0.39, 0.29) is 23.4 Å². The highest BCUT2D eigenvalue weighted by Gasteiger charge is 2.28. The molecule has 1 aliphatic rings. The topological polar surface area (TPSA) is 63.4 Å². The van der Waals surface area contributed by atoms with Gasteiger partial charge in [0.2, 0.25) is 5.76 Å². The van der Waals surface area contributed by atoms with Crippen LogP contribution in [-0.4, -0.2) is 34.8 Å². The third-order valence-corrected chi connectivity index (χ3v) is 2.80. The Bertz CT molecular complexity index is 425. The number of likely N-dealkylation sites (tertiary alicyclic amines) is 1.